The van der Waals surface area contributed by atoms with Crippen molar-refractivity contribution in [3.8, 4) is 0 Å². The van der Waals surface area contributed by atoms with Crippen molar-refractivity contribution in [1.29, 1.82) is 0 Å². The molecule has 0 fully saturated rings. The smallest absolute Gasteiger partial charge is 0.349 e. The number of nitrogens with zero attached hydrogens (tertiary/aromatic N) is 1. The second-order valence-electron chi connectivity index (χ2n) is 6.47. The molecule has 0 saturated heterocycles. The molecular formula is C21H19NO3S. The van der Waals surface area contributed by atoms with Gasteiger partial charge in [-0.3, -0.25) is 4.79 Å². The Balaban J connectivity index is 1.43. The van der Waals surface area contributed by atoms with Crippen LogP contribution >= 0.6 is 11.3 Å². The van der Waals surface area contributed by atoms with E-state index in [1.54, 1.807) is 11.8 Å². The summed E-state index contributed by atoms with van der Waals surface area (Å²) in [4.78, 5) is 27.4. The Morgan fingerprint density at radius 1 is 1.08 bits per heavy atom. The van der Waals surface area contributed by atoms with Crippen molar-refractivity contribution in [3.05, 3.63) is 70.6 Å². The van der Waals surface area contributed by atoms with Crippen molar-refractivity contribution in [2.45, 2.75) is 26.0 Å². The van der Waals surface area contributed by atoms with Crippen LogP contribution in [0.3, 0.4) is 0 Å². The molecule has 1 aliphatic rings. The Morgan fingerprint density at radius 3 is 2.62 bits per heavy atom. The fraction of sp³-hybridized carbons (Fsp3) is 0.238. The van der Waals surface area contributed by atoms with E-state index in [4.69, 9.17) is 4.74 Å². The number of fused-ring (bicyclic) bond motifs is 2. The molecule has 0 saturated carbocycles. The maximum absolute atomic E-state index is 12.7. The van der Waals surface area contributed by atoms with E-state index in [1.807, 2.05) is 48.5 Å². The van der Waals surface area contributed by atoms with Crippen LogP contribution in [0, 0.1) is 0 Å². The number of benzene rings is 2. The Labute approximate surface area is 156 Å². The summed E-state index contributed by atoms with van der Waals surface area (Å²) in [5.74, 6) is -0.585. The quantitative estimate of drug-likeness (QED) is 0.658. The van der Waals surface area contributed by atoms with Gasteiger partial charge >= 0.3 is 5.97 Å². The van der Waals surface area contributed by atoms with Crippen LogP contribution in [0.5, 0.6) is 0 Å². The van der Waals surface area contributed by atoms with Gasteiger partial charge in [-0.15, -0.1) is 11.3 Å². The number of rotatable bonds is 3. The van der Waals surface area contributed by atoms with Crippen molar-refractivity contribution < 1.29 is 14.3 Å². The lowest BCUT2D eigenvalue weighted by Crippen LogP contribution is -2.42. The van der Waals surface area contributed by atoms with Crippen molar-refractivity contribution in [2.24, 2.45) is 0 Å². The lowest BCUT2D eigenvalue weighted by molar-refractivity contribution is -0.140. The summed E-state index contributed by atoms with van der Waals surface area (Å²) in [6, 6.07) is 17.8. The Kier molecular flexibility index (Phi) is 4.47. The highest BCUT2D eigenvalue weighted by Gasteiger charge is 2.27. The van der Waals surface area contributed by atoms with E-state index in [9.17, 15) is 9.59 Å². The van der Waals surface area contributed by atoms with Crippen LogP contribution in [0.25, 0.3) is 10.1 Å². The highest BCUT2D eigenvalue weighted by atomic mass is 32.1. The Bertz CT molecular complexity index is 945. The largest absolute Gasteiger partial charge is 0.448 e. The molecule has 1 amide bonds. The predicted octanol–water partition coefficient (Wildman–Crippen LogP) is 4.03. The molecular weight excluding hydrogens is 346 g/mol. The van der Waals surface area contributed by atoms with Gasteiger partial charge in [0.05, 0.1) is 0 Å². The van der Waals surface area contributed by atoms with E-state index in [-0.39, 0.29) is 5.91 Å². The molecule has 1 atom stereocenters. The second-order valence-corrected chi connectivity index (χ2v) is 7.56. The van der Waals surface area contributed by atoms with Crippen LogP contribution in [0.15, 0.2) is 54.6 Å². The number of amides is 1. The molecule has 0 spiro atoms. The average Bonchev–Trinajstić information content (AvgIpc) is 3.11. The maximum Gasteiger partial charge on any atom is 0.349 e. The average molecular weight is 365 g/mol. The third kappa shape index (κ3) is 3.22. The normalized spacial score (nSPS) is 14.7. The van der Waals surface area contributed by atoms with Gasteiger partial charge in [-0.2, -0.15) is 0 Å². The van der Waals surface area contributed by atoms with Gasteiger partial charge in [0.2, 0.25) is 0 Å². The summed E-state index contributed by atoms with van der Waals surface area (Å²) in [7, 11) is 0. The van der Waals surface area contributed by atoms with Crippen LogP contribution in [0.2, 0.25) is 0 Å². The molecule has 5 heteroatoms. The Morgan fingerprint density at radius 2 is 1.81 bits per heavy atom. The molecule has 0 radical (unpaired) electrons. The molecule has 0 unspecified atom stereocenters. The van der Waals surface area contributed by atoms with E-state index >= 15 is 0 Å². The SMILES string of the molecule is C[C@H](OC(=O)c1cc2ccccc2s1)C(=O)N1CCc2ccccc2C1. The Hall–Kier alpha value is -2.66. The van der Waals surface area contributed by atoms with Gasteiger partial charge in [0.25, 0.3) is 5.91 Å². The predicted molar refractivity (Wildman–Crippen MR) is 102 cm³/mol. The van der Waals surface area contributed by atoms with E-state index < -0.39 is 12.1 Å². The number of carbonyl (C=O) groups excluding carboxylic acids is 2. The summed E-state index contributed by atoms with van der Waals surface area (Å²) < 4.78 is 6.48. The van der Waals surface area contributed by atoms with Gasteiger partial charge < -0.3 is 9.64 Å². The minimum Gasteiger partial charge on any atom is -0.448 e. The standard InChI is InChI=1S/C21H19NO3S/c1-14(20(23)22-11-10-15-6-2-3-8-17(15)13-22)25-21(24)19-12-16-7-4-5-9-18(16)26-19/h2-9,12,14H,10-11,13H2,1H3/t14-/m0/s1. The zero-order valence-electron chi connectivity index (χ0n) is 14.5. The minimum absolute atomic E-state index is 0.144. The van der Waals surface area contributed by atoms with E-state index in [1.165, 1.54) is 16.9 Å². The van der Waals surface area contributed by atoms with Gasteiger partial charge in [0.1, 0.15) is 4.88 Å². The van der Waals surface area contributed by atoms with Gasteiger partial charge in [-0.1, -0.05) is 42.5 Å². The van der Waals surface area contributed by atoms with Crippen molar-refractivity contribution in [2.75, 3.05) is 6.54 Å². The summed E-state index contributed by atoms with van der Waals surface area (Å²) in [6.45, 7) is 2.87. The van der Waals surface area contributed by atoms with Crippen LogP contribution in [0.4, 0.5) is 0 Å². The van der Waals surface area contributed by atoms with Gasteiger partial charge in [-0.05, 0) is 42.0 Å². The van der Waals surface area contributed by atoms with Crippen molar-refractivity contribution in [3.63, 3.8) is 0 Å². The topological polar surface area (TPSA) is 46.6 Å². The summed E-state index contributed by atoms with van der Waals surface area (Å²) in [6.07, 6.45) is 0.0387. The van der Waals surface area contributed by atoms with Gasteiger partial charge in [-0.25, -0.2) is 4.79 Å². The minimum atomic E-state index is -0.794. The summed E-state index contributed by atoms with van der Waals surface area (Å²) in [5, 5.41) is 1.01. The molecule has 4 nitrogen and oxygen atoms in total. The van der Waals surface area contributed by atoms with Crippen LogP contribution in [-0.4, -0.2) is 29.4 Å². The first kappa shape index (κ1) is 16.8. The molecule has 0 N–H and O–H groups in total. The van der Waals surface area contributed by atoms with E-state index in [0.717, 1.165) is 22.1 Å². The number of ether oxygens (including phenoxy) is 1. The second kappa shape index (κ2) is 6.92. The molecule has 0 bridgehead atoms. The summed E-state index contributed by atoms with van der Waals surface area (Å²) in [5.41, 5.74) is 2.45. The molecule has 1 aromatic heterocycles. The highest BCUT2D eigenvalue weighted by Crippen LogP contribution is 2.26. The molecule has 0 aliphatic carbocycles. The molecule has 132 valence electrons. The zero-order valence-corrected chi connectivity index (χ0v) is 15.3. The number of hydrogen-bond donors (Lipinski definition) is 0. The molecule has 26 heavy (non-hydrogen) atoms. The molecule has 4 rings (SSSR count). The zero-order chi connectivity index (χ0) is 18.1. The van der Waals surface area contributed by atoms with Crippen LogP contribution in [0.1, 0.15) is 27.7 Å². The number of carbonyl (C=O) groups is 2. The molecule has 2 heterocycles. The first-order valence-electron chi connectivity index (χ1n) is 8.67. The number of hydrogen-bond acceptors (Lipinski definition) is 4. The van der Waals surface area contributed by atoms with Crippen LogP contribution < -0.4 is 0 Å². The first-order valence-corrected chi connectivity index (χ1v) is 9.48. The summed E-state index contributed by atoms with van der Waals surface area (Å²) >= 11 is 1.39. The van der Waals surface area contributed by atoms with Crippen LogP contribution in [-0.2, 0) is 22.5 Å². The van der Waals surface area contributed by atoms with Gasteiger partial charge in [0, 0.05) is 17.8 Å². The van der Waals surface area contributed by atoms with E-state index in [0.29, 0.717) is 18.0 Å². The van der Waals surface area contributed by atoms with Crippen molar-refractivity contribution in [1.82, 2.24) is 4.90 Å². The van der Waals surface area contributed by atoms with Crippen molar-refractivity contribution >= 4 is 33.3 Å². The lowest BCUT2D eigenvalue weighted by Gasteiger charge is -2.30. The third-order valence-corrected chi connectivity index (χ3v) is 5.80. The van der Waals surface area contributed by atoms with Gasteiger partial charge in [0.15, 0.2) is 6.10 Å². The number of esters is 1. The van der Waals surface area contributed by atoms with E-state index in [2.05, 4.69) is 6.07 Å². The maximum atomic E-state index is 12.7. The molecule has 3 aromatic rings. The first-order chi connectivity index (χ1) is 12.6. The highest BCUT2D eigenvalue weighted by molar-refractivity contribution is 7.20. The molecule has 1 aliphatic heterocycles. The third-order valence-electron chi connectivity index (χ3n) is 4.70. The number of thiophene rings is 1. The lowest BCUT2D eigenvalue weighted by atomic mass is 9.99. The fourth-order valence-electron chi connectivity index (χ4n) is 3.29. The monoisotopic (exact) mass is 365 g/mol. The fourth-order valence-corrected chi connectivity index (χ4v) is 4.24. The molecule has 2 aromatic carbocycles.